The van der Waals surface area contributed by atoms with Gasteiger partial charge in [-0.2, -0.15) is 0 Å². The van der Waals surface area contributed by atoms with Crippen molar-refractivity contribution in [2.45, 2.75) is 45.4 Å². The molecule has 204 valence electrons. The van der Waals surface area contributed by atoms with Crippen LogP contribution in [0.25, 0.3) is 0 Å². The van der Waals surface area contributed by atoms with E-state index in [9.17, 15) is 14.4 Å². The third-order valence-corrected chi connectivity index (χ3v) is 9.64. The molecular formula is C36H32N2O3. The average Bonchev–Trinajstić information content (AvgIpc) is 3.21. The van der Waals surface area contributed by atoms with E-state index in [1.165, 1.54) is 4.90 Å². The molecule has 4 aromatic carbocycles. The van der Waals surface area contributed by atoms with E-state index in [1.807, 2.05) is 49.4 Å². The summed E-state index contributed by atoms with van der Waals surface area (Å²) in [7, 11) is 0. The van der Waals surface area contributed by atoms with Gasteiger partial charge in [-0.3, -0.25) is 14.4 Å². The van der Waals surface area contributed by atoms with Crippen LogP contribution in [-0.2, 0) is 22.4 Å². The predicted molar refractivity (Wildman–Crippen MR) is 160 cm³/mol. The minimum Gasteiger partial charge on any atom is -0.321 e. The molecule has 4 aromatic rings. The number of para-hydroxylation sites is 2. The molecule has 0 aromatic heterocycles. The van der Waals surface area contributed by atoms with E-state index in [1.54, 1.807) is 24.3 Å². The number of rotatable bonds is 5. The van der Waals surface area contributed by atoms with Gasteiger partial charge < -0.3 is 5.32 Å². The van der Waals surface area contributed by atoms with Crippen molar-refractivity contribution < 1.29 is 14.4 Å². The minimum absolute atomic E-state index is 0.219. The van der Waals surface area contributed by atoms with E-state index < -0.39 is 11.3 Å². The Morgan fingerprint density at radius 1 is 0.756 bits per heavy atom. The SMILES string of the molecule is CCc1cccc(CC)c1NC(=O)c1ccccc1N1C(=O)[C@@H]2C3c4ccccc4C(c4ccccc43)[C@@]2(C)C1=O. The molecule has 41 heavy (non-hydrogen) atoms. The summed E-state index contributed by atoms with van der Waals surface area (Å²) in [6.07, 6.45) is 1.55. The summed E-state index contributed by atoms with van der Waals surface area (Å²) in [5.41, 5.74) is 7.08. The molecule has 3 amide bonds. The molecule has 4 aliphatic rings. The van der Waals surface area contributed by atoms with Crippen LogP contribution in [-0.4, -0.2) is 17.7 Å². The largest absolute Gasteiger partial charge is 0.321 e. The van der Waals surface area contributed by atoms with E-state index in [-0.39, 0.29) is 29.6 Å². The summed E-state index contributed by atoms with van der Waals surface area (Å²) < 4.78 is 0. The van der Waals surface area contributed by atoms with Gasteiger partial charge >= 0.3 is 0 Å². The van der Waals surface area contributed by atoms with Gasteiger partial charge in [-0.1, -0.05) is 92.7 Å². The van der Waals surface area contributed by atoms with Crippen LogP contribution >= 0.6 is 0 Å². The number of nitrogens with zero attached hydrogens (tertiary/aromatic N) is 1. The molecule has 5 nitrogen and oxygen atoms in total. The highest BCUT2D eigenvalue weighted by Gasteiger charge is 2.69. The van der Waals surface area contributed by atoms with Gasteiger partial charge in [0.2, 0.25) is 11.8 Å². The molecule has 1 heterocycles. The van der Waals surface area contributed by atoms with Crippen LogP contribution < -0.4 is 10.2 Å². The second-order valence-corrected chi connectivity index (χ2v) is 11.5. The number of aryl methyl sites for hydroxylation is 2. The monoisotopic (exact) mass is 540 g/mol. The molecule has 0 saturated carbocycles. The van der Waals surface area contributed by atoms with Crippen molar-refractivity contribution in [3.8, 4) is 0 Å². The van der Waals surface area contributed by atoms with Gasteiger partial charge in [0.25, 0.3) is 5.91 Å². The highest BCUT2D eigenvalue weighted by molar-refractivity contribution is 6.27. The van der Waals surface area contributed by atoms with Gasteiger partial charge in [-0.15, -0.1) is 0 Å². The summed E-state index contributed by atoms with van der Waals surface area (Å²) in [4.78, 5) is 44.2. The molecule has 1 aliphatic heterocycles. The average molecular weight is 541 g/mol. The second kappa shape index (κ2) is 9.27. The van der Waals surface area contributed by atoms with Gasteiger partial charge in [0, 0.05) is 17.5 Å². The van der Waals surface area contributed by atoms with Crippen LogP contribution in [0.1, 0.15) is 76.3 Å². The quantitative estimate of drug-likeness (QED) is 0.282. The normalized spacial score (nSPS) is 23.7. The van der Waals surface area contributed by atoms with Gasteiger partial charge in [-0.25, -0.2) is 4.90 Å². The fourth-order valence-electron chi connectivity index (χ4n) is 7.79. The number of nitrogens with one attached hydrogen (secondary N) is 1. The summed E-state index contributed by atoms with van der Waals surface area (Å²) >= 11 is 0. The van der Waals surface area contributed by atoms with Gasteiger partial charge in [0.1, 0.15) is 0 Å². The molecule has 3 aliphatic carbocycles. The van der Waals surface area contributed by atoms with E-state index in [0.29, 0.717) is 11.3 Å². The van der Waals surface area contributed by atoms with Crippen molar-refractivity contribution in [3.63, 3.8) is 0 Å². The number of amides is 3. The summed E-state index contributed by atoms with van der Waals surface area (Å²) in [6.45, 7) is 6.08. The van der Waals surface area contributed by atoms with Crippen LogP contribution in [0.4, 0.5) is 11.4 Å². The van der Waals surface area contributed by atoms with Gasteiger partial charge in [-0.05, 0) is 65.3 Å². The molecule has 0 spiro atoms. The minimum atomic E-state index is -0.960. The molecule has 5 heteroatoms. The first-order valence-corrected chi connectivity index (χ1v) is 14.5. The summed E-state index contributed by atoms with van der Waals surface area (Å²) in [5.74, 6) is -1.81. The Hall–Kier alpha value is -4.51. The number of anilines is 2. The zero-order chi connectivity index (χ0) is 28.5. The number of hydrogen-bond acceptors (Lipinski definition) is 3. The smallest absolute Gasteiger partial charge is 0.257 e. The Labute approximate surface area is 240 Å². The Morgan fingerprint density at radius 3 is 1.88 bits per heavy atom. The Kier molecular flexibility index (Phi) is 5.75. The molecule has 2 atom stereocenters. The first kappa shape index (κ1) is 25.5. The van der Waals surface area contributed by atoms with Gasteiger partial charge in [0.15, 0.2) is 0 Å². The number of carbonyl (C=O) groups excluding carboxylic acids is 3. The van der Waals surface area contributed by atoms with Crippen LogP contribution in [0, 0.1) is 11.3 Å². The molecule has 2 bridgehead atoms. The number of imide groups is 1. The highest BCUT2D eigenvalue weighted by Crippen LogP contribution is 2.67. The molecule has 0 radical (unpaired) electrons. The van der Waals surface area contributed by atoms with Crippen molar-refractivity contribution in [2.75, 3.05) is 10.2 Å². The Balaban J connectivity index is 1.34. The lowest BCUT2D eigenvalue weighted by Gasteiger charge is -2.51. The lowest BCUT2D eigenvalue weighted by molar-refractivity contribution is -0.128. The Morgan fingerprint density at radius 2 is 1.29 bits per heavy atom. The fourth-order valence-corrected chi connectivity index (χ4v) is 7.79. The lowest BCUT2D eigenvalue weighted by atomic mass is 9.48. The number of hydrogen-bond donors (Lipinski definition) is 1. The van der Waals surface area contributed by atoms with Crippen molar-refractivity contribution in [2.24, 2.45) is 11.3 Å². The van der Waals surface area contributed by atoms with Crippen molar-refractivity contribution in [1.82, 2.24) is 0 Å². The predicted octanol–water partition coefficient (Wildman–Crippen LogP) is 6.85. The van der Waals surface area contributed by atoms with Crippen LogP contribution in [0.5, 0.6) is 0 Å². The van der Waals surface area contributed by atoms with E-state index in [4.69, 9.17) is 0 Å². The highest BCUT2D eigenvalue weighted by atomic mass is 16.2. The topological polar surface area (TPSA) is 66.5 Å². The molecule has 0 unspecified atom stereocenters. The van der Waals surface area contributed by atoms with Gasteiger partial charge in [0.05, 0.1) is 22.6 Å². The molecular weight excluding hydrogens is 508 g/mol. The van der Waals surface area contributed by atoms with Crippen LogP contribution in [0.15, 0.2) is 91.0 Å². The second-order valence-electron chi connectivity index (χ2n) is 11.5. The van der Waals surface area contributed by atoms with Crippen molar-refractivity contribution in [3.05, 3.63) is 130 Å². The first-order chi connectivity index (χ1) is 19.9. The van der Waals surface area contributed by atoms with Crippen molar-refractivity contribution >= 4 is 29.1 Å². The molecule has 1 N–H and O–H groups in total. The van der Waals surface area contributed by atoms with Crippen LogP contribution in [0.3, 0.4) is 0 Å². The van der Waals surface area contributed by atoms with Crippen LogP contribution in [0.2, 0.25) is 0 Å². The third-order valence-electron chi connectivity index (χ3n) is 9.64. The number of carbonyl (C=O) groups is 3. The Bertz CT molecular complexity index is 1690. The van der Waals surface area contributed by atoms with E-state index in [2.05, 4.69) is 43.4 Å². The molecule has 1 fully saturated rings. The summed E-state index contributed by atoms with van der Waals surface area (Å²) in [6, 6.07) is 29.5. The zero-order valence-corrected chi connectivity index (χ0v) is 23.5. The lowest BCUT2D eigenvalue weighted by Crippen LogP contribution is -2.49. The summed E-state index contributed by atoms with van der Waals surface area (Å²) in [5, 5.41) is 3.13. The van der Waals surface area contributed by atoms with E-state index >= 15 is 0 Å². The molecule has 1 saturated heterocycles. The maximum atomic E-state index is 14.6. The maximum Gasteiger partial charge on any atom is 0.257 e. The fraction of sp³-hybridized carbons (Fsp3) is 0.250. The van der Waals surface area contributed by atoms with E-state index in [0.717, 1.165) is 51.9 Å². The third kappa shape index (κ3) is 3.38. The maximum absolute atomic E-state index is 14.6. The standard InChI is InChI=1S/C36H32N2O3/c1-4-21-13-12-14-22(5-2)32(21)37-33(39)27-19-10-11-20-28(27)38-34(40)31-29-23-15-6-8-17-25(23)30(36(31,3)35(38)41)26-18-9-7-16-24(26)29/h6-20,29-31H,4-5H2,1-3H3,(H,37,39)/t29?,30?,31-,36+/m0/s1. The zero-order valence-electron chi connectivity index (χ0n) is 23.5. The molecule has 8 rings (SSSR count). The van der Waals surface area contributed by atoms with Crippen molar-refractivity contribution in [1.29, 1.82) is 0 Å². The first-order valence-electron chi connectivity index (χ1n) is 14.5. The number of benzene rings is 4.